The summed E-state index contributed by atoms with van der Waals surface area (Å²) >= 11 is 5.20. The van der Waals surface area contributed by atoms with E-state index in [0.717, 1.165) is 0 Å². The first-order valence-corrected chi connectivity index (χ1v) is 6.77. The van der Waals surface area contributed by atoms with Crippen molar-refractivity contribution in [3.05, 3.63) is 29.6 Å². The fraction of sp³-hybridized carbons (Fsp3) is 0.333. The molecule has 0 saturated carbocycles. The van der Waals surface area contributed by atoms with Crippen molar-refractivity contribution in [3.63, 3.8) is 0 Å². The molecule has 102 valence electrons. The summed E-state index contributed by atoms with van der Waals surface area (Å²) in [6.07, 6.45) is -4.68. The fourth-order valence-corrected chi connectivity index (χ4v) is 2.51. The summed E-state index contributed by atoms with van der Waals surface area (Å²) in [4.78, 5) is 0. The molecule has 0 heterocycles. The number of benzene rings is 1. The Morgan fingerprint density at radius 1 is 1.28 bits per heavy atom. The van der Waals surface area contributed by atoms with Crippen LogP contribution in [0.15, 0.2) is 18.2 Å². The second kappa shape index (κ2) is 5.31. The Balaban J connectivity index is 3.10. The van der Waals surface area contributed by atoms with Crippen LogP contribution in [0.4, 0.5) is 23.2 Å². The number of anilines is 1. The van der Waals surface area contributed by atoms with Crippen molar-refractivity contribution in [2.24, 2.45) is 0 Å². The van der Waals surface area contributed by atoms with Crippen LogP contribution in [0.25, 0.3) is 0 Å². The molecule has 3 nitrogen and oxygen atoms in total. The molecule has 0 fully saturated rings. The van der Waals surface area contributed by atoms with Crippen molar-refractivity contribution < 1.29 is 26.0 Å². The predicted molar refractivity (Wildman–Crippen MR) is 59.5 cm³/mol. The lowest BCUT2D eigenvalue weighted by molar-refractivity contribution is -0.137. The Bertz CT molecular complexity index is 530. The van der Waals surface area contributed by atoms with Crippen LogP contribution in [0.1, 0.15) is 5.56 Å². The summed E-state index contributed by atoms with van der Waals surface area (Å²) in [7, 11) is -3.96. The molecule has 0 bridgehead atoms. The molecule has 0 aliphatic carbocycles. The average molecular weight is 306 g/mol. The zero-order valence-corrected chi connectivity index (χ0v) is 10.3. The molecule has 0 aliphatic rings. The topological polar surface area (TPSA) is 46.2 Å². The molecule has 0 spiro atoms. The van der Waals surface area contributed by atoms with Gasteiger partial charge in [-0.25, -0.2) is 12.8 Å². The molecule has 18 heavy (non-hydrogen) atoms. The number of nitrogens with one attached hydrogen (secondary N) is 1. The van der Waals surface area contributed by atoms with Crippen LogP contribution in [-0.4, -0.2) is 20.1 Å². The lowest BCUT2D eigenvalue weighted by Crippen LogP contribution is -2.19. The molecule has 9 heteroatoms. The van der Waals surface area contributed by atoms with Crippen LogP contribution in [0.2, 0.25) is 0 Å². The van der Waals surface area contributed by atoms with Crippen molar-refractivity contribution >= 4 is 27.3 Å². The van der Waals surface area contributed by atoms with E-state index in [0.29, 0.717) is 18.2 Å². The highest BCUT2D eigenvalue weighted by Gasteiger charge is 2.31. The quantitative estimate of drug-likeness (QED) is 0.687. The third kappa shape index (κ3) is 4.02. The van der Waals surface area contributed by atoms with Crippen LogP contribution in [0.5, 0.6) is 0 Å². The van der Waals surface area contributed by atoms with Crippen LogP contribution in [0, 0.1) is 5.82 Å². The maximum atomic E-state index is 13.2. The monoisotopic (exact) mass is 305 g/mol. The lowest BCUT2D eigenvalue weighted by Gasteiger charge is -2.11. The van der Waals surface area contributed by atoms with Crippen LogP contribution in [-0.2, 0) is 16.2 Å². The van der Waals surface area contributed by atoms with Gasteiger partial charge in [0.05, 0.1) is 17.0 Å². The zero-order chi connectivity index (χ0) is 14.0. The van der Waals surface area contributed by atoms with E-state index in [1.807, 2.05) is 0 Å². The SMILES string of the molecule is O=S(=O)(CCCl)Nc1cc(C(F)(F)F)ccc1F. The Morgan fingerprint density at radius 2 is 1.89 bits per heavy atom. The van der Waals surface area contributed by atoms with Gasteiger partial charge in [0.2, 0.25) is 10.0 Å². The molecule has 1 aromatic carbocycles. The first-order chi connectivity index (χ1) is 8.15. The van der Waals surface area contributed by atoms with Gasteiger partial charge in [0.25, 0.3) is 0 Å². The highest BCUT2D eigenvalue weighted by Crippen LogP contribution is 2.32. The minimum atomic E-state index is -4.68. The normalized spacial score (nSPS) is 12.5. The summed E-state index contributed by atoms with van der Waals surface area (Å²) < 4.78 is 74.5. The number of sulfonamides is 1. The van der Waals surface area contributed by atoms with Gasteiger partial charge in [-0.1, -0.05) is 0 Å². The van der Waals surface area contributed by atoms with E-state index >= 15 is 0 Å². The maximum absolute atomic E-state index is 13.2. The minimum absolute atomic E-state index is 0.254. The Kier molecular flexibility index (Phi) is 4.44. The zero-order valence-electron chi connectivity index (χ0n) is 8.76. The highest BCUT2D eigenvalue weighted by molar-refractivity contribution is 7.92. The van der Waals surface area contributed by atoms with E-state index in [2.05, 4.69) is 0 Å². The maximum Gasteiger partial charge on any atom is 0.416 e. The predicted octanol–water partition coefficient (Wildman–Crippen LogP) is 2.83. The third-order valence-corrected chi connectivity index (χ3v) is 3.59. The molecule has 0 saturated heterocycles. The molecule has 0 aromatic heterocycles. The Labute approximate surface area is 106 Å². The molecular weight excluding hydrogens is 298 g/mol. The Hall–Kier alpha value is -1.02. The number of halogens is 5. The van der Waals surface area contributed by atoms with E-state index in [9.17, 15) is 26.0 Å². The van der Waals surface area contributed by atoms with Crippen molar-refractivity contribution in [2.45, 2.75) is 6.18 Å². The minimum Gasteiger partial charge on any atom is -0.281 e. The second-order valence-corrected chi connectivity index (χ2v) is 5.52. The molecule has 0 amide bonds. The van der Waals surface area contributed by atoms with Gasteiger partial charge >= 0.3 is 6.18 Å². The molecule has 1 N–H and O–H groups in total. The summed E-state index contributed by atoms with van der Waals surface area (Å²) in [6.45, 7) is 0. The van der Waals surface area contributed by atoms with E-state index < -0.39 is 39.0 Å². The van der Waals surface area contributed by atoms with Gasteiger partial charge in [0.1, 0.15) is 5.82 Å². The average Bonchev–Trinajstić information content (AvgIpc) is 2.19. The first-order valence-electron chi connectivity index (χ1n) is 4.59. The van der Waals surface area contributed by atoms with E-state index in [-0.39, 0.29) is 5.88 Å². The van der Waals surface area contributed by atoms with Gasteiger partial charge in [-0.15, -0.1) is 11.6 Å². The van der Waals surface area contributed by atoms with Crippen molar-refractivity contribution in [2.75, 3.05) is 16.4 Å². The number of rotatable bonds is 4. The molecule has 0 aliphatic heterocycles. The highest BCUT2D eigenvalue weighted by atomic mass is 35.5. The third-order valence-electron chi connectivity index (χ3n) is 1.91. The molecule has 0 radical (unpaired) electrons. The lowest BCUT2D eigenvalue weighted by atomic mass is 10.2. The van der Waals surface area contributed by atoms with Crippen molar-refractivity contribution in [1.82, 2.24) is 0 Å². The summed E-state index contributed by atoms with van der Waals surface area (Å²) in [5, 5.41) is 0. The fourth-order valence-electron chi connectivity index (χ4n) is 1.10. The van der Waals surface area contributed by atoms with Gasteiger partial charge in [-0.05, 0) is 18.2 Å². The largest absolute Gasteiger partial charge is 0.416 e. The summed E-state index contributed by atoms with van der Waals surface area (Å²) in [6, 6.07) is 1.46. The standard InChI is InChI=1S/C9H8ClF4NO2S/c10-3-4-18(16,17)15-8-5-6(9(12,13)14)1-2-7(8)11/h1-2,5,15H,3-4H2. The number of alkyl halides is 4. The first kappa shape index (κ1) is 15.0. The molecule has 1 rings (SSSR count). The van der Waals surface area contributed by atoms with Crippen LogP contribution < -0.4 is 4.72 Å². The van der Waals surface area contributed by atoms with Gasteiger partial charge in [0.15, 0.2) is 0 Å². The smallest absolute Gasteiger partial charge is 0.281 e. The van der Waals surface area contributed by atoms with E-state index in [1.165, 1.54) is 0 Å². The molecule has 0 atom stereocenters. The van der Waals surface area contributed by atoms with Crippen LogP contribution >= 0.6 is 11.6 Å². The van der Waals surface area contributed by atoms with Crippen molar-refractivity contribution in [1.29, 1.82) is 0 Å². The molecule has 1 aromatic rings. The number of hydrogen-bond donors (Lipinski definition) is 1. The number of hydrogen-bond acceptors (Lipinski definition) is 2. The van der Waals surface area contributed by atoms with Gasteiger partial charge in [-0.2, -0.15) is 13.2 Å². The molecule has 0 unspecified atom stereocenters. The molecular formula is C9H8ClF4NO2S. The Morgan fingerprint density at radius 3 is 2.39 bits per heavy atom. The van der Waals surface area contributed by atoms with Gasteiger partial charge < -0.3 is 0 Å². The van der Waals surface area contributed by atoms with Gasteiger partial charge in [0, 0.05) is 5.88 Å². The second-order valence-electron chi connectivity index (χ2n) is 3.30. The van der Waals surface area contributed by atoms with E-state index in [4.69, 9.17) is 11.6 Å². The summed E-state index contributed by atoms with van der Waals surface area (Å²) in [5.41, 5.74) is -1.90. The van der Waals surface area contributed by atoms with Gasteiger partial charge in [-0.3, -0.25) is 4.72 Å². The van der Waals surface area contributed by atoms with Crippen LogP contribution in [0.3, 0.4) is 0 Å². The van der Waals surface area contributed by atoms with Crippen molar-refractivity contribution in [3.8, 4) is 0 Å². The van der Waals surface area contributed by atoms with E-state index in [1.54, 1.807) is 4.72 Å². The summed E-state index contributed by atoms with van der Waals surface area (Å²) in [5.74, 6) is -1.87.